The zero-order valence-electron chi connectivity index (χ0n) is 11.0. The zero-order valence-corrected chi connectivity index (χ0v) is 15.0. The van der Waals surface area contributed by atoms with E-state index in [2.05, 4.69) is 48.7 Å². The van der Waals surface area contributed by atoms with E-state index in [1.807, 2.05) is 12.3 Å². The third-order valence-electron chi connectivity index (χ3n) is 3.71. The van der Waals surface area contributed by atoms with E-state index in [-0.39, 0.29) is 12.4 Å². The second kappa shape index (κ2) is 7.93. The van der Waals surface area contributed by atoms with Crippen molar-refractivity contribution in [2.45, 2.75) is 32.4 Å². The van der Waals surface area contributed by atoms with Crippen molar-refractivity contribution in [2.75, 3.05) is 13.1 Å². The van der Waals surface area contributed by atoms with E-state index < -0.39 is 0 Å². The van der Waals surface area contributed by atoms with Crippen molar-refractivity contribution in [3.63, 3.8) is 0 Å². The lowest BCUT2D eigenvalue weighted by molar-refractivity contribution is 0.0975. The van der Waals surface area contributed by atoms with Gasteiger partial charge in [0.2, 0.25) is 0 Å². The average molecular weight is 414 g/mol. The molecule has 0 spiro atoms. The van der Waals surface area contributed by atoms with Crippen LogP contribution < -0.4 is 5.73 Å². The first-order valence-electron chi connectivity index (χ1n) is 6.36. The highest BCUT2D eigenvalue weighted by atomic mass is 79.9. The van der Waals surface area contributed by atoms with E-state index in [0.29, 0.717) is 12.0 Å². The van der Waals surface area contributed by atoms with Gasteiger partial charge >= 0.3 is 0 Å². The fourth-order valence-corrected chi connectivity index (χ4v) is 3.78. The smallest absolute Gasteiger partial charge is 0.0686 e. The van der Waals surface area contributed by atoms with E-state index in [4.69, 9.17) is 5.73 Å². The first kappa shape index (κ1) is 17.4. The molecule has 1 aromatic rings. The number of rotatable bonds is 3. The lowest BCUT2D eigenvalue weighted by atomic mass is 9.90. The quantitative estimate of drug-likeness (QED) is 0.824. The standard InChI is InChI=1S/C13H19Br2N3.ClH/c1-9-3-2-4-18(13(9)6-16)8-12-11(15)5-10(14)7-17-12;/h5,7,9,13H,2-4,6,8,16H2,1H3;1H. The molecule has 0 amide bonds. The summed E-state index contributed by atoms with van der Waals surface area (Å²) in [6.45, 7) is 5.03. The Labute approximate surface area is 138 Å². The largest absolute Gasteiger partial charge is 0.329 e. The summed E-state index contributed by atoms with van der Waals surface area (Å²) < 4.78 is 2.06. The molecular weight excluding hydrogens is 393 g/mol. The molecular formula is C13H20Br2ClN3. The third kappa shape index (κ3) is 4.39. The summed E-state index contributed by atoms with van der Waals surface area (Å²) in [6.07, 6.45) is 4.39. The monoisotopic (exact) mass is 411 g/mol. The van der Waals surface area contributed by atoms with Crippen molar-refractivity contribution in [3.05, 3.63) is 26.9 Å². The van der Waals surface area contributed by atoms with Crippen LogP contribution in [0, 0.1) is 5.92 Å². The summed E-state index contributed by atoms with van der Waals surface area (Å²) in [5.41, 5.74) is 7.01. The Balaban J connectivity index is 0.00000180. The molecule has 2 unspecified atom stereocenters. The topological polar surface area (TPSA) is 42.2 Å². The highest BCUT2D eigenvalue weighted by Crippen LogP contribution is 2.26. The van der Waals surface area contributed by atoms with Crippen molar-refractivity contribution in [2.24, 2.45) is 11.7 Å². The maximum absolute atomic E-state index is 5.92. The summed E-state index contributed by atoms with van der Waals surface area (Å²) in [5.74, 6) is 0.679. The van der Waals surface area contributed by atoms with Gasteiger partial charge in [0.05, 0.1) is 5.69 Å². The molecule has 0 saturated carbocycles. The molecule has 6 heteroatoms. The number of nitrogens with zero attached hydrogens (tertiary/aromatic N) is 2. The summed E-state index contributed by atoms with van der Waals surface area (Å²) in [5, 5.41) is 0. The minimum absolute atomic E-state index is 0. The fourth-order valence-electron chi connectivity index (χ4n) is 2.66. The number of nitrogens with two attached hydrogens (primary N) is 1. The molecule has 1 aliphatic heterocycles. The van der Waals surface area contributed by atoms with E-state index in [0.717, 1.165) is 34.3 Å². The fraction of sp³-hybridized carbons (Fsp3) is 0.615. The van der Waals surface area contributed by atoms with Crippen LogP contribution in [-0.2, 0) is 6.54 Å². The molecule has 0 aromatic carbocycles. The van der Waals surface area contributed by atoms with Gasteiger partial charge in [0.15, 0.2) is 0 Å². The molecule has 1 saturated heterocycles. The SMILES string of the molecule is CC1CCCN(Cc2ncc(Br)cc2Br)C1CN.Cl. The Hall–Kier alpha value is 0.320. The molecule has 1 aliphatic rings. The highest BCUT2D eigenvalue weighted by molar-refractivity contribution is 9.11. The number of aromatic nitrogens is 1. The third-order valence-corrected chi connectivity index (χ3v) is 4.83. The van der Waals surface area contributed by atoms with E-state index >= 15 is 0 Å². The molecule has 1 aromatic heterocycles. The van der Waals surface area contributed by atoms with E-state index in [1.54, 1.807) is 0 Å². The lowest BCUT2D eigenvalue weighted by Crippen LogP contribution is -2.48. The molecule has 0 aliphatic carbocycles. The molecule has 0 bridgehead atoms. The van der Waals surface area contributed by atoms with Gasteiger partial charge in [-0.1, -0.05) is 6.92 Å². The van der Waals surface area contributed by atoms with Gasteiger partial charge in [-0.2, -0.15) is 0 Å². The van der Waals surface area contributed by atoms with Crippen LogP contribution in [0.3, 0.4) is 0 Å². The Morgan fingerprint density at radius 1 is 1.47 bits per heavy atom. The van der Waals surface area contributed by atoms with Crippen molar-refractivity contribution >= 4 is 44.3 Å². The Kier molecular flexibility index (Phi) is 7.25. The molecule has 3 nitrogen and oxygen atoms in total. The number of likely N-dealkylation sites (tertiary alicyclic amines) is 1. The van der Waals surface area contributed by atoms with Crippen LogP contribution >= 0.6 is 44.3 Å². The van der Waals surface area contributed by atoms with Gasteiger partial charge in [0.1, 0.15) is 0 Å². The molecule has 1 fully saturated rings. The maximum Gasteiger partial charge on any atom is 0.0686 e. The normalized spacial score (nSPS) is 24.0. The van der Waals surface area contributed by atoms with E-state index in [9.17, 15) is 0 Å². The molecule has 19 heavy (non-hydrogen) atoms. The molecule has 2 heterocycles. The van der Waals surface area contributed by atoms with Gasteiger partial charge in [-0.05, 0) is 63.2 Å². The van der Waals surface area contributed by atoms with Crippen molar-refractivity contribution in [3.8, 4) is 0 Å². The Morgan fingerprint density at radius 3 is 2.84 bits per heavy atom. The summed E-state index contributed by atoms with van der Waals surface area (Å²) in [6, 6.07) is 2.53. The Bertz CT molecular complexity index is 417. The zero-order chi connectivity index (χ0) is 13.1. The van der Waals surface area contributed by atoms with Crippen LogP contribution in [0.2, 0.25) is 0 Å². The van der Waals surface area contributed by atoms with Crippen LogP contribution in [0.5, 0.6) is 0 Å². The second-order valence-electron chi connectivity index (χ2n) is 4.98. The van der Waals surface area contributed by atoms with Gasteiger partial charge < -0.3 is 5.73 Å². The summed E-state index contributed by atoms with van der Waals surface area (Å²) in [4.78, 5) is 6.96. The van der Waals surface area contributed by atoms with Gasteiger partial charge in [-0.3, -0.25) is 9.88 Å². The first-order chi connectivity index (χ1) is 8.61. The number of piperidine rings is 1. The predicted octanol–water partition coefficient (Wildman–Crippen LogP) is 3.59. The van der Waals surface area contributed by atoms with Gasteiger partial charge in [-0.15, -0.1) is 12.4 Å². The second-order valence-corrected chi connectivity index (χ2v) is 6.75. The molecule has 2 N–H and O–H groups in total. The summed E-state index contributed by atoms with van der Waals surface area (Å²) in [7, 11) is 0. The van der Waals surface area contributed by atoms with Gasteiger partial charge in [0.25, 0.3) is 0 Å². The maximum atomic E-state index is 5.92. The van der Waals surface area contributed by atoms with Crippen molar-refractivity contribution in [1.29, 1.82) is 0 Å². The highest BCUT2D eigenvalue weighted by Gasteiger charge is 2.27. The van der Waals surface area contributed by atoms with Crippen molar-refractivity contribution < 1.29 is 0 Å². The van der Waals surface area contributed by atoms with Crippen LogP contribution in [0.15, 0.2) is 21.2 Å². The minimum Gasteiger partial charge on any atom is -0.329 e. The van der Waals surface area contributed by atoms with Crippen LogP contribution in [0.4, 0.5) is 0 Å². The van der Waals surface area contributed by atoms with E-state index in [1.165, 1.54) is 12.8 Å². The predicted molar refractivity (Wildman–Crippen MR) is 88.5 cm³/mol. The molecule has 0 radical (unpaired) electrons. The van der Waals surface area contributed by atoms with Gasteiger partial charge in [0, 0.05) is 34.3 Å². The van der Waals surface area contributed by atoms with Crippen LogP contribution in [0.1, 0.15) is 25.5 Å². The number of pyridine rings is 1. The average Bonchev–Trinajstić information content (AvgIpc) is 2.33. The van der Waals surface area contributed by atoms with Gasteiger partial charge in [-0.25, -0.2) is 0 Å². The number of hydrogen-bond donors (Lipinski definition) is 1. The lowest BCUT2D eigenvalue weighted by Gasteiger charge is -2.39. The minimum atomic E-state index is 0. The Morgan fingerprint density at radius 2 is 2.21 bits per heavy atom. The number of hydrogen-bond acceptors (Lipinski definition) is 3. The first-order valence-corrected chi connectivity index (χ1v) is 7.94. The summed E-state index contributed by atoms with van der Waals surface area (Å²) >= 11 is 7.01. The molecule has 2 atom stereocenters. The molecule has 108 valence electrons. The van der Waals surface area contributed by atoms with Crippen LogP contribution in [0.25, 0.3) is 0 Å². The molecule has 2 rings (SSSR count). The number of halogens is 3. The van der Waals surface area contributed by atoms with Crippen LogP contribution in [-0.4, -0.2) is 29.0 Å². The van der Waals surface area contributed by atoms with Crippen molar-refractivity contribution in [1.82, 2.24) is 9.88 Å².